The van der Waals surface area contributed by atoms with Gasteiger partial charge in [0.25, 0.3) is 0 Å². The van der Waals surface area contributed by atoms with Crippen molar-refractivity contribution in [3.8, 4) is 6.07 Å². The Balaban J connectivity index is 2.53. The maximum atomic E-state index is 8.49. The number of aromatic nitrogens is 2. The Morgan fingerprint density at radius 2 is 2.55 bits per heavy atom. The van der Waals surface area contributed by atoms with Gasteiger partial charge in [0, 0.05) is 19.3 Å². The van der Waals surface area contributed by atoms with Crippen molar-refractivity contribution in [1.29, 1.82) is 5.26 Å². The number of hydrogen-bond donors (Lipinski definition) is 1. The van der Waals surface area contributed by atoms with Gasteiger partial charge in [-0.15, -0.1) is 0 Å². The van der Waals surface area contributed by atoms with Gasteiger partial charge in [-0.3, -0.25) is 4.68 Å². The molecule has 1 rings (SSSR count). The molecule has 0 fully saturated rings. The van der Waals surface area contributed by atoms with Crippen LogP contribution in [0.3, 0.4) is 0 Å². The largest absolute Gasteiger partial charge is 0.396 e. The van der Waals surface area contributed by atoms with Crippen LogP contribution >= 0.6 is 0 Å². The average molecular weight is 151 g/mol. The number of aliphatic hydroxyl groups excluding tert-OH is 1. The predicted molar refractivity (Wildman–Crippen MR) is 38.6 cm³/mol. The molecular formula is C7H9N3O. The van der Waals surface area contributed by atoms with Crippen LogP contribution in [-0.2, 0) is 6.54 Å². The topological polar surface area (TPSA) is 61.8 Å². The first-order valence-electron chi connectivity index (χ1n) is 3.40. The summed E-state index contributed by atoms with van der Waals surface area (Å²) in [7, 11) is 0. The first kappa shape index (κ1) is 7.76. The van der Waals surface area contributed by atoms with E-state index in [1.165, 1.54) is 6.20 Å². The molecule has 1 N–H and O–H groups in total. The fourth-order valence-corrected chi connectivity index (χ4v) is 0.776. The second-order valence-electron chi connectivity index (χ2n) is 2.18. The third kappa shape index (κ3) is 2.06. The number of rotatable bonds is 3. The molecule has 0 aliphatic carbocycles. The molecule has 4 heteroatoms. The Bertz CT molecular complexity index is 261. The highest BCUT2D eigenvalue weighted by Gasteiger charge is 1.94. The Morgan fingerprint density at radius 1 is 1.73 bits per heavy atom. The van der Waals surface area contributed by atoms with Gasteiger partial charge in [-0.2, -0.15) is 10.4 Å². The Kier molecular flexibility index (Phi) is 2.64. The quantitative estimate of drug-likeness (QED) is 0.668. The van der Waals surface area contributed by atoms with Crippen molar-refractivity contribution in [1.82, 2.24) is 9.78 Å². The molecule has 1 aromatic heterocycles. The van der Waals surface area contributed by atoms with Crippen molar-refractivity contribution >= 4 is 0 Å². The molecule has 0 radical (unpaired) electrons. The number of aliphatic hydroxyl groups is 1. The minimum absolute atomic E-state index is 0.155. The molecule has 4 nitrogen and oxygen atoms in total. The minimum Gasteiger partial charge on any atom is -0.396 e. The average Bonchev–Trinajstić information content (AvgIpc) is 2.48. The molecule has 0 saturated heterocycles. The van der Waals surface area contributed by atoms with Crippen molar-refractivity contribution in [2.45, 2.75) is 13.0 Å². The number of nitrogens with zero attached hydrogens (tertiary/aromatic N) is 3. The zero-order valence-electron chi connectivity index (χ0n) is 6.06. The summed E-state index contributed by atoms with van der Waals surface area (Å²) in [4.78, 5) is 0. The van der Waals surface area contributed by atoms with Crippen LogP contribution in [0.5, 0.6) is 0 Å². The standard InChI is InChI=1S/C7H9N3O/c8-4-7-5-9-10(6-7)2-1-3-11/h5-6,11H,1-3H2. The SMILES string of the molecule is N#Cc1cnn(CCCO)c1. The molecule has 0 spiro atoms. The van der Waals surface area contributed by atoms with E-state index < -0.39 is 0 Å². The molecule has 11 heavy (non-hydrogen) atoms. The number of aryl methyl sites for hydroxylation is 1. The van der Waals surface area contributed by atoms with E-state index in [0.717, 1.165) is 0 Å². The van der Waals surface area contributed by atoms with Gasteiger partial charge >= 0.3 is 0 Å². The smallest absolute Gasteiger partial charge is 0.102 e. The molecule has 1 aromatic rings. The molecule has 0 saturated carbocycles. The predicted octanol–water partition coefficient (Wildman–Crippen LogP) is 0.137. The van der Waals surface area contributed by atoms with Crippen LogP contribution in [0.15, 0.2) is 12.4 Å². The van der Waals surface area contributed by atoms with E-state index in [1.807, 2.05) is 6.07 Å². The molecule has 58 valence electrons. The zero-order valence-corrected chi connectivity index (χ0v) is 6.06. The Morgan fingerprint density at radius 3 is 3.09 bits per heavy atom. The van der Waals surface area contributed by atoms with Crippen LogP contribution in [-0.4, -0.2) is 21.5 Å². The van der Waals surface area contributed by atoms with Crippen molar-refractivity contribution in [3.05, 3.63) is 18.0 Å². The lowest BCUT2D eigenvalue weighted by Crippen LogP contribution is -1.99. The zero-order chi connectivity index (χ0) is 8.10. The first-order valence-corrected chi connectivity index (χ1v) is 3.40. The van der Waals surface area contributed by atoms with Gasteiger partial charge in [-0.1, -0.05) is 0 Å². The van der Waals surface area contributed by atoms with Gasteiger partial charge in [0.1, 0.15) is 6.07 Å². The maximum Gasteiger partial charge on any atom is 0.102 e. The van der Waals surface area contributed by atoms with Crippen molar-refractivity contribution in [3.63, 3.8) is 0 Å². The van der Waals surface area contributed by atoms with Crippen LogP contribution in [0.4, 0.5) is 0 Å². The van der Waals surface area contributed by atoms with E-state index >= 15 is 0 Å². The van der Waals surface area contributed by atoms with E-state index in [1.54, 1.807) is 10.9 Å². The van der Waals surface area contributed by atoms with E-state index in [0.29, 0.717) is 18.5 Å². The normalized spacial score (nSPS) is 9.45. The summed E-state index contributed by atoms with van der Waals surface area (Å²) in [6.45, 7) is 0.819. The van der Waals surface area contributed by atoms with E-state index in [-0.39, 0.29) is 6.61 Å². The number of hydrogen-bond acceptors (Lipinski definition) is 3. The van der Waals surface area contributed by atoms with Crippen molar-refractivity contribution in [2.75, 3.05) is 6.61 Å². The van der Waals surface area contributed by atoms with E-state index in [2.05, 4.69) is 5.10 Å². The molecule has 0 aliphatic rings. The minimum atomic E-state index is 0.155. The molecule has 0 aliphatic heterocycles. The number of nitriles is 1. The van der Waals surface area contributed by atoms with Crippen LogP contribution in [0.25, 0.3) is 0 Å². The van der Waals surface area contributed by atoms with Gasteiger partial charge in [0.2, 0.25) is 0 Å². The second-order valence-corrected chi connectivity index (χ2v) is 2.18. The van der Waals surface area contributed by atoms with Crippen LogP contribution in [0.1, 0.15) is 12.0 Å². The summed E-state index contributed by atoms with van der Waals surface area (Å²) in [6, 6.07) is 1.98. The van der Waals surface area contributed by atoms with Gasteiger partial charge in [0.05, 0.1) is 11.8 Å². The van der Waals surface area contributed by atoms with Crippen LogP contribution < -0.4 is 0 Å². The second kappa shape index (κ2) is 3.74. The lowest BCUT2D eigenvalue weighted by molar-refractivity contribution is 0.277. The van der Waals surface area contributed by atoms with Gasteiger partial charge in [0.15, 0.2) is 0 Å². The highest BCUT2D eigenvalue weighted by molar-refractivity contribution is 5.21. The highest BCUT2D eigenvalue weighted by atomic mass is 16.3. The highest BCUT2D eigenvalue weighted by Crippen LogP contribution is 1.95. The third-order valence-corrected chi connectivity index (χ3v) is 1.31. The Hall–Kier alpha value is -1.34. The summed E-state index contributed by atoms with van der Waals surface area (Å²) in [6.07, 6.45) is 3.85. The lowest BCUT2D eigenvalue weighted by atomic mass is 10.4. The van der Waals surface area contributed by atoms with Crippen LogP contribution in [0, 0.1) is 11.3 Å². The molecule has 0 amide bonds. The third-order valence-electron chi connectivity index (χ3n) is 1.31. The summed E-state index contributed by atoms with van der Waals surface area (Å²) in [5.74, 6) is 0. The maximum absolute atomic E-state index is 8.49. The molecule has 0 atom stereocenters. The van der Waals surface area contributed by atoms with Crippen molar-refractivity contribution in [2.24, 2.45) is 0 Å². The van der Waals surface area contributed by atoms with Crippen molar-refractivity contribution < 1.29 is 5.11 Å². The van der Waals surface area contributed by atoms with Gasteiger partial charge < -0.3 is 5.11 Å². The molecule has 0 unspecified atom stereocenters. The molecule has 0 bridgehead atoms. The summed E-state index contributed by atoms with van der Waals surface area (Å²) >= 11 is 0. The Labute approximate surface area is 64.7 Å². The summed E-state index contributed by atoms with van der Waals surface area (Å²) < 4.78 is 1.65. The first-order chi connectivity index (χ1) is 5.36. The van der Waals surface area contributed by atoms with E-state index in [9.17, 15) is 0 Å². The fourth-order valence-electron chi connectivity index (χ4n) is 0.776. The summed E-state index contributed by atoms with van der Waals surface area (Å²) in [5.41, 5.74) is 0.558. The fraction of sp³-hybridized carbons (Fsp3) is 0.429. The van der Waals surface area contributed by atoms with Gasteiger partial charge in [-0.05, 0) is 6.42 Å². The van der Waals surface area contributed by atoms with Crippen LogP contribution in [0.2, 0.25) is 0 Å². The summed E-state index contributed by atoms with van der Waals surface area (Å²) in [5, 5.41) is 20.8. The molecule has 0 aromatic carbocycles. The monoisotopic (exact) mass is 151 g/mol. The van der Waals surface area contributed by atoms with Gasteiger partial charge in [-0.25, -0.2) is 0 Å². The molecular weight excluding hydrogens is 142 g/mol. The molecule has 1 heterocycles. The van der Waals surface area contributed by atoms with E-state index in [4.69, 9.17) is 10.4 Å². The lowest BCUT2D eigenvalue weighted by Gasteiger charge is -1.95.